The van der Waals surface area contributed by atoms with Crippen LogP contribution in [0.15, 0.2) is 54.6 Å². The summed E-state index contributed by atoms with van der Waals surface area (Å²) < 4.78 is 12.1. The molecule has 56 heavy (non-hydrogen) atoms. The van der Waals surface area contributed by atoms with Crippen molar-refractivity contribution in [3.8, 4) is 5.75 Å². The van der Waals surface area contributed by atoms with E-state index in [1.165, 1.54) is 9.80 Å². The highest BCUT2D eigenvalue weighted by Gasteiger charge is 2.47. The molecule has 2 heterocycles. The molecule has 0 saturated carbocycles. The van der Waals surface area contributed by atoms with Gasteiger partial charge in [-0.2, -0.15) is 0 Å². The van der Waals surface area contributed by atoms with Gasteiger partial charge in [-0.1, -0.05) is 76.6 Å². The molecule has 0 spiro atoms. The van der Waals surface area contributed by atoms with E-state index in [-0.39, 0.29) is 37.8 Å². The Hall–Kier alpha value is -5.31. The Kier molecular flexibility index (Phi) is 15.5. The van der Waals surface area contributed by atoms with Gasteiger partial charge < -0.3 is 40.5 Å². The van der Waals surface area contributed by atoms with Crippen LogP contribution in [0.2, 0.25) is 0 Å². The van der Waals surface area contributed by atoms with E-state index in [9.17, 15) is 33.6 Å². The molecule has 4 bridgehead atoms. The van der Waals surface area contributed by atoms with E-state index < -0.39 is 71.6 Å². The van der Waals surface area contributed by atoms with Crippen molar-refractivity contribution in [2.75, 3.05) is 40.4 Å². The Morgan fingerprint density at radius 3 is 2.36 bits per heavy atom. The first-order valence-corrected chi connectivity index (χ1v) is 19.2. The monoisotopic (exact) mass is 776 g/mol. The zero-order valence-corrected chi connectivity index (χ0v) is 33.2. The Balaban J connectivity index is 1.49. The Morgan fingerprint density at radius 2 is 1.68 bits per heavy atom. The van der Waals surface area contributed by atoms with Gasteiger partial charge in [-0.05, 0) is 54.4 Å². The molecule has 4 N–H and O–H groups in total. The summed E-state index contributed by atoms with van der Waals surface area (Å²) >= 11 is 0. The summed E-state index contributed by atoms with van der Waals surface area (Å²) in [5, 5.41) is 10.5. The largest absolute Gasteiger partial charge is 0.494 e. The zero-order valence-electron chi connectivity index (χ0n) is 33.2. The smallest absolute Gasteiger partial charge is 0.290 e. The fourth-order valence-electron chi connectivity index (χ4n) is 6.71. The van der Waals surface area contributed by atoms with Gasteiger partial charge in [-0.3, -0.25) is 33.6 Å². The molecule has 304 valence electrons. The first-order chi connectivity index (χ1) is 26.6. The molecule has 2 aliphatic heterocycles. The number of ketones is 1. The van der Waals surface area contributed by atoms with E-state index in [1.54, 1.807) is 57.4 Å². The Morgan fingerprint density at radius 1 is 0.964 bits per heavy atom. The maximum atomic E-state index is 14.3. The lowest BCUT2D eigenvalue weighted by atomic mass is 9.85. The lowest BCUT2D eigenvalue weighted by Crippen LogP contribution is -2.61. The number of ether oxygens (including phenoxy) is 2. The van der Waals surface area contributed by atoms with Crippen LogP contribution in [0, 0.1) is 5.41 Å². The van der Waals surface area contributed by atoms with Crippen LogP contribution < -0.4 is 26.0 Å². The molecule has 4 rings (SSSR count). The van der Waals surface area contributed by atoms with Crippen LogP contribution in [0.5, 0.6) is 5.75 Å². The fourth-order valence-corrected chi connectivity index (χ4v) is 6.71. The first kappa shape index (κ1) is 43.4. The second kappa shape index (κ2) is 20.0. The van der Waals surface area contributed by atoms with Gasteiger partial charge in [0.05, 0.1) is 31.7 Å². The van der Waals surface area contributed by atoms with E-state index in [1.807, 2.05) is 39.0 Å². The molecule has 0 aliphatic carbocycles. The summed E-state index contributed by atoms with van der Waals surface area (Å²) in [5.41, 5.74) is 0.518. The van der Waals surface area contributed by atoms with Crippen LogP contribution in [0.4, 0.5) is 0 Å². The van der Waals surface area contributed by atoms with Gasteiger partial charge in [-0.25, -0.2) is 0 Å². The second-order valence-electron chi connectivity index (χ2n) is 15.5. The summed E-state index contributed by atoms with van der Waals surface area (Å²) in [4.78, 5) is 97.0. The minimum absolute atomic E-state index is 0.0130. The topological polar surface area (TPSA) is 193 Å². The van der Waals surface area contributed by atoms with Crippen molar-refractivity contribution < 1.29 is 43.0 Å². The number of rotatable bonds is 11. The van der Waals surface area contributed by atoms with Crippen LogP contribution in [-0.2, 0) is 44.7 Å². The molecule has 15 nitrogen and oxygen atoms in total. The molecular formula is C41H56N6O9. The molecule has 15 heteroatoms. The van der Waals surface area contributed by atoms with Gasteiger partial charge in [0.25, 0.3) is 5.91 Å². The normalized spacial score (nSPS) is 20.3. The quantitative estimate of drug-likeness (QED) is 0.247. The average molecular weight is 777 g/mol. The summed E-state index contributed by atoms with van der Waals surface area (Å²) in [6.45, 7) is 7.51. The van der Waals surface area contributed by atoms with E-state index >= 15 is 0 Å². The first-order valence-electron chi connectivity index (χ1n) is 19.2. The van der Waals surface area contributed by atoms with Gasteiger partial charge in [0.1, 0.15) is 23.9 Å². The number of carbonyl (C=O) groups is 7. The van der Waals surface area contributed by atoms with Crippen molar-refractivity contribution >= 4 is 41.2 Å². The molecule has 1 unspecified atom stereocenters. The number of hydrogen-bond donors (Lipinski definition) is 4. The van der Waals surface area contributed by atoms with Gasteiger partial charge in [-0.15, -0.1) is 0 Å². The van der Waals surface area contributed by atoms with Gasteiger partial charge in [0, 0.05) is 27.2 Å². The van der Waals surface area contributed by atoms with E-state index in [4.69, 9.17) is 9.47 Å². The highest BCUT2D eigenvalue weighted by atomic mass is 16.5. The fraction of sp³-hybridized carbons (Fsp3) is 0.537. The molecule has 6 amide bonds. The number of benzene rings is 2. The lowest BCUT2D eigenvalue weighted by molar-refractivity contribution is -0.147. The summed E-state index contributed by atoms with van der Waals surface area (Å²) in [7, 11) is 3.11. The van der Waals surface area contributed by atoms with E-state index in [0.29, 0.717) is 43.6 Å². The highest BCUT2D eigenvalue weighted by molar-refractivity contribution is 6.38. The van der Waals surface area contributed by atoms with Crippen LogP contribution in [0.1, 0.15) is 77.0 Å². The van der Waals surface area contributed by atoms with Crippen molar-refractivity contribution in [2.24, 2.45) is 5.41 Å². The number of nitrogens with zero attached hydrogens (tertiary/aromatic N) is 2. The van der Waals surface area contributed by atoms with Crippen molar-refractivity contribution in [1.82, 2.24) is 31.1 Å². The van der Waals surface area contributed by atoms with Gasteiger partial charge in [0.2, 0.25) is 35.3 Å². The average Bonchev–Trinajstić information content (AvgIpc) is 3.59. The number of hydrogen-bond acceptors (Lipinski definition) is 9. The minimum Gasteiger partial charge on any atom is -0.494 e. The third kappa shape index (κ3) is 11.8. The molecular weight excluding hydrogens is 720 g/mol. The third-order valence-corrected chi connectivity index (χ3v) is 9.68. The summed E-state index contributed by atoms with van der Waals surface area (Å²) in [5.74, 6) is -4.05. The van der Waals surface area contributed by atoms with Crippen molar-refractivity contribution in [2.45, 2.75) is 96.5 Å². The predicted molar refractivity (Wildman–Crippen MR) is 207 cm³/mol. The molecule has 1 fully saturated rings. The third-order valence-electron chi connectivity index (χ3n) is 9.68. The van der Waals surface area contributed by atoms with Crippen LogP contribution in [0.25, 0.3) is 0 Å². The predicted octanol–water partition coefficient (Wildman–Crippen LogP) is 1.83. The molecule has 5 atom stereocenters. The van der Waals surface area contributed by atoms with E-state index in [0.717, 1.165) is 5.56 Å². The standard InChI is InChI=1S/C41H56N6O9/c1-7-14-29(35(50)38(52)42-25-32(49)44-33(39(53)46(5)6)27-16-9-8-10-17-27)43-37(51)34-30-19-20-47(34)40(54)36(41(2,3)4)45-31(48)24-26-15-13-18-28(23-26)55-21-11-12-22-56-30/h8-10,13,15-18,23,29-30,33-34,36H,7,11-12,14,19-22,24-25H2,1-6H3,(H,42,52)(H,43,51)(H,44,49)(H,45,48)/t29?,30-,33+,34+,36-/m1/s1. The van der Waals surface area contributed by atoms with Crippen LogP contribution in [0.3, 0.4) is 0 Å². The lowest BCUT2D eigenvalue weighted by Gasteiger charge is -2.36. The van der Waals surface area contributed by atoms with Crippen molar-refractivity contribution in [1.29, 1.82) is 0 Å². The second-order valence-corrected chi connectivity index (χ2v) is 15.5. The maximum absolute atomic E-state index is 14.3. The number of carbonyl (C=O) groups excluding carboxylic acids is 7. The summed E-state index contributed by atoms with van der Waals surface area (Å²) in [6.07, 6.45) is 1.42. The molecule has 2 aromatic rings. The van der Waals surface area contributed by atoms with Crippen LogP contribution in [-0.4, -0.2) is 116 Å². The number of amides is 6. The molecule has 0 aromatic heterocycles. The molecule has 0 radical (unpaired) electrons. The Bertz CT molecular complexity index is 1730. The van der Waals surface area contributed by atoms with Crippen LogP contribution >= 0.6 is 0 Å². The number of nitrogens with one attached hydrogen (secondary N) is 4. The SMILES string of the molecule is CCCC(NC(=O)[C@@H]1[C@H]2CCN1C(=O)[C@H](C(C)(C)C)NC(=O)Cc1cccc(c1)OCCCCO2)C(=O)C(=O)NCC(=O)N[C@H](C(=O)N(C)C)c1ccccc1. The number of likely N-dealkylation sites (N-methyl/N-ethyl adjacent to an activating group) is 1. The molecule has 2 aliphatic rings. The minimum atomic E-state index is -1.27. The molecule has 2 aromatic carbocycles. The Labute approximate surface area is 328 Å². The van der Waals surface area contributed by atoms with Gasteiger partial charge >= 0.3 is 0 Å². The number of Topliss-reactive ketones (excluding diaryl/α,β-unsaturated/α-hetero) is 1. The van der Waals surface area contributed by atoms with E-state index in [2.05, 4.69) is 21.3 Å². The van der Waals surface area contributed by atoms with Crippen molar-refractivity contribution in [3.05, 3.63) is 65.7 Å². The highest BCUT2D eigenvalue weighted by Crippen LogP contribution is 2.28. The van der Waals surface area contributed by atoms with Crippen molar-refractivity contribution in [3.63, 3.8) is 0 Å². The van der Waals surface area contributed by atoms with Gasteiger partial charge in [0.15, 0.2) is 0 Å². The zero-order chi connectivity index (χ0) is 41.0. The summed E-state index contributed by atoms with van der Waals surface area (Å²) in [6, 6.07) is 11.4. The molecule has 1 saturated heterocycles. The maximum Gasteiger partial charge on any atom is 0.290 e. The number of fused-ring (bicyclic) bond motifs is 4.